The maximum atomic E-state index is 8.97. The predicted molar refractivity (Wildman–Crippen MR) is 60.1 cm³/mol. The molecule has 0 fully saturated rings. The van der Waals surface area contributed by atoms with E-state index in [4.69, 9.17) is 5.26 Å². The molecule has 3 heteroatoms. The Morgan fingerprint density at radius 1 is 1.43 bits per heavy atom. The first-order valence-corrected chi connectivity index (χ1v) is 5.36. The Bertz CT molecular complexity index is 185. The van der Waals surface area contributed by atoms with Gasteiger partial charge in [-0.05, 0) is 34.0 Å². The Morgan fingerprint density at radius 2 is 2.07 bits per heavy atom. The molecule has 0 heterocycles. The van der Waals surface area contributed by atoms with Gasteiger partial charge in [0.2, 0.25) is 0 Å². The second-order valence-corrected chi connectivity index (χ2v) is 4.14. The lowest BCUT2D eigenvalue weighted by Gasteiger charge is -2.27. The van der Waals surface area contributed by atoms with Gasteiger partial charge in [-0.3, -0.25) is 0 Å². The molecule has 0 aliphatic rings. The van der Waals surface area contributed by atoms with Gasteiger partial charge in [0.25, 0.3) is 0 Å². The van der Waals surface area contributed by atoms with Crippen molar-refractivity contribution in [2.45, 2.75) is 38.6 Å². The fourth-order valence-corrected chi connectivity index (χ4v) is 1.42. The number of hydrogen-bond donors (Lipinski definition) is 1. The van der Waals surface area contributed by atoms with Crippen molar-refractivity contribution in [3.63, 3.8) is 0 Å². The molecular weight excluding hydrogens is 174 g/mol. The van der Waals surface area contributed by atoms with Gasteiger partial charge in [0, 0.05) is 6.54 Å². The lowest BCUT2D eigenvalue weighted by atomic mass is 10.0. The summed E-state index contributed by atoms with van der Waals surface area (Å²) in [5.41, 5.74) is -0.416. The minimum atomic E-state index is -0.416. The van der Waals surface area contributed by atoms with Crippen LogP contribution >= 0.6 is 0 Å². The smallest absolute Gasteiger partial charge is 0.116 e. The van der Waals surface area contributed by atoms with Crippen molar-refractivity contribution in [1.29, 1.82) is 5.26 Å². The molecule has 0 saturated carbocycles. The average Bonchev–Trinajstić information content (AvgIpc) is 2.18. The Labute approximate surface area is 88.1 Å². The summed E-state index contributed by atoms with van der Waals surface area (Å²) in [6.45, 7) is 5.99. The van der Waals surface area contributed by atoms with Gasteiger partial charge in [0.15, 0.2) is 0 Å². The molecule has 0 spiro atoms. The summed E-state index contributed by atoms with van der Waals surface area (Å²) >= 11 is 0. The van der Waals surface area contributed by atoms with E-state index in [1.54, 1.807) is 0 Å². The molecule has 0 bridgehead atoms. The average molecular weight is 197 g/mol. The molecule has 1 atom stereocenters. The van der Waals surface area contributed by atoms with Gasteiger partial charge in [-0.15, -0.1) is 0 Å². The summed E-state index contributed by atoms with van der Waals surface area (Å²) in [5, 5.41) is 12.0. The van der Waals surface area contributed by atoms with E-state index in [-0.39, 0.29) is 0 Å². The van der Waals surface area contributed by atoms with Crippen molar-refractivity contribution in [3.05, 3.63) is 0 Å². The van der Waals surface area contributed by atoms with Gasteiger partial charge in [-0.25, -0.2) is 0 Å². The van der Waals surface area contributed by atoms with Crippen molar-refractivity contribution < 1.29 is 0 Å². The lowest BCUT2D eigenvalue weighted by molar-refractivity contribution is 0.263. The van der Waals surface area contributed by atoms with Gasteiger partial charge in [-0.1, -0.05) is 19.8 Å². The van der Waals surface area contributed by atoms with E-state index in [1.807, 2.05) is 14.0 Å². The second kappa shape index (κ2) is 6.80. The SMILES string of the molecule is CCCCCN(C)CC(C)(C#N)NC. The lowest BCUT2D eigenvalue weighted by Crippen LogP contribution is -2.47. The quantitative estimate of drug-likeness (QED) is 0.630. The first kappa shape index (κ1) is 13.4. The van der Waals surface area contributed by atoms with Gasteiger partial charge in [0.1, 0.15) is 5.54 Å². The molecule has 0 aromatic heterocycles. The summed E-state index contributed by atoms with van der Waals surface area (Å²) in [6, 6.07) is 2.30. The number of likely N-dealkylation sites (N-methyl/N-ethyl adjacent to an activating group) is 2. The Balaban J connectivity index is 3.81. The molecule has 1 N–H and O–H groups in total. The van der Waals surface area contributed by atoms with Crippen LogP contribution in [0.2, 0.25) is 0 Å². The Kier molecular flexibility index (Phi) is 6.52. The molecule has 0 radical (unpaired) electrons. The van der Waals surface area contributed by atoms with E-state index in [1.165, 1.54) is 19.3 Å². The third-order valence-electron chi connectivity index (χ3n) is 2.53. The molecule has 82 valence electrons. The van der Waals surface area contributed by atoms with Crippen LogP contribution in [0.15, 0.2) is 0 Å². The van der Waals surface area contributed by atoms with Crippen LogP contribution in [-0.4, -0.2) is 37.6 Å². The van der Waals surface area contributed by atoms with Gasteiger partial charge in [0.05, 0.1) is 6.07 Å². The van der Waals surface area contributed by atoms with Gasteiger partial charge < -0.3 is 10.2 Å². The van der Waals surface area contributed by atoms with E-state index in [0.717, 1.165) is 13.1 Å². The van der Waals surface area contributed by atoms with E-state index < -0.39 is 5.54 Å². The van der Waals surface area contributed by atoms with E-state index >= 15 is 0 Å². The Hall–Kier alpha value is -0.590. The van der Waals surface area contributed by atoms with Crippen LogP contribution in [0.4, 0.5) is 0 Å². The molecule has 0 aliphatic heterocycles. The molecule has 3 nitrogen and oxygen atoms in total. The maximum absolute atomic E-state index is 8.97. The molecule has 1 unspecified atom stereocenters. The van der Waals surface area contributed by atoms with Crippen molar-refractivity contribution >= 4 is 0 Å². The highest BCUT2D eigenvalue weighted by atomic mass is 15.1. The third kappa shape index (κ3) is 5.21. The number of unbranched alkanes of at least 4 members (excludes halogenated alkanes) is 2. The maximum Gasteiger partial charge on any atom is 0.116 e. The van der Waals surface area contributed by atoms with Crippen molar-refractivity contribution in [3.8, 4) is 6.07 Å². The number of nitrogens with zero attached hydrogens (tertiary/aromatic N) is 2. The zero-order valence-corrected chi connectivity index (χ0v) is 9.93. The minimum Gasteiger partial charge on any atom is -0.303 e. The van der Waals surface area contributed by atoms with Crippen molar-refractivity contribution in [2.75, 3.05) is 27.2 Å². The van der Waals surface area contributed by atoms with Crippen LogP contribution in [0.3, 0.4) is 0 Å². The van der Waals surface area contributed by atoms with Crippen molar-refractivity contribution in [2.24, 2.45) is 0 Å². The molecular formula is C11H23N3. The number of nitriles is 1. The van der Waals surface area contributed by atoms with Gasteiger partial charge >= 0.3 is 0 Å². The first-order chi connectivity index (χ1) is 6.58. The summed E-state index contributed by atoms with van der Waals surface area (Å²) in [5.74, 6) is 0. The molecule has 0 saturated heterocycles. The zero-order valence-electron chi connectivity index (χ0n) is 9.93. The molecule has 0 amide bonds. The minimum absolute atomic E-state index is 0.416. The topological polar surface area (TPSA) is 39.1 Å². The van der Waals surface area contributed by atoms with Crippen LogP contribution in [0.5, 0.6) is 0 Å². The fourth-order valence-electron chi connectivity index (χ4n) is 1.42. The largest absolute Gasteiger partial charge is 0.303 e. The highest BCUT2D eigenvalue weighted by Crippen LogP contribution is 2.04. The summed E-state index contributed by atoms with van der Waals surface area (Å²) in [7, 11) is 3.91. The zero-order chi connectivity index (χ0) is 11.0. The number of rotatable bonds is 7. The third-order valence-corrected chi connectivity index (χ3v) is 2.53. The first-order valence-electron chi connectivity index (χ1n) is 5.36. The van der Waals surface area contributed by atoms with Crippen molar-refractivity contribution in [1.82, 2.24) is 10.2 Å². The van der Waals surface area contributed by atoms with E-state index in [2.05, 4.69) is 30.3 Å². The molecule has 14 heavy (non-hydrogen) atoms. The monoisotopic (exact) mass is 197 g/mol. The van der Waals surface area contributed by atoms with Crippen LogP contribution < -0.4 is 5.32 Å². The highest BCUT2D eigenvalue weighted by Gasteiger charge is 2.22. The van der Waals surface area contributed by atoms with E-state index in [9.17, 15) is 0 Å². The molecule has 0 aromatic rings. The molecule has 0 aliphatic carbocycles. The predicted octanol–water partition coefficient (Wildman–Crippen LogP) is 1.61. The summed E-state index contributed by atoms with van der Waals surface area (Å²) < 4.78 is 0. The fraction of sp³-hybridized carbons (Fsp3) is 0.909. The molecule has 0 rings (SSSR count). The van der Waals surface area contributed by atoms with Crippen LogP contribution in [0, 0.1) is 11.3 Å². The number of hydrogen-bond acceptors (Lipinski definition) is 3. The van der Waals surface area contributed by atoms with Crippen LogP contribution in [-0.2, 0) is 0 Å². The standard InChI is InChI=1S/C11H23N3/c1-5-6-7-8-14(4)10-11(2,9-12)13-3/h13H,5-8,10H2,1-4H3. The van der Waals surface area contributed by atoms with E-state index in [0.29, 0.717) is 0 Å². The van der Waals surface area contributed by atoms with Crippen LogP contribution in [0.25, 0.3) is 0 Å². The number of nitrogens with one attached hydrogen (secondary N) is 1. The summed E-state index contributed by atoms with van der Waals surface area (Å²) in [6.07, 6.45) is 3.74. The van der Waals surface area contributed by atoms with Gasteiger partial charge in [-0.2, -0.15) is 5.26 Å². The Morgan fingerprint density at radius 3 is 2.50 bits per heavy atom. The summed E-state index contributed by atoms with van der Waals surface area (Å²) in [4.78, 5) is 2.22. The van der Waals surface area contributed by atoms with Crippen LogP contribution in [0.1, 0.15) is 33.1 Å². The second-order valence-electron chi connectivity index (χ2n) is 4.14. The molecule has 0 aromatic carbocycles. The highest BCUT2D eigenvalue weighted by molar-refractivity contribution is 5.04. The normalized spacial score (nSPS) is 15.1.